The number of hydrogen-bond acceptors (Lipinski definition) is 5. The Hall–Kier alpha value is -4.32. The Labute approximate surface area is 192 Å². The molecule has 1 N–H and O–H groups in total. The average molecular weight is 440 g/mol. The Bertz CT molecular complexity index is 1300. The van der Waals surface area contributed by atoms with Crippen molar-refractivity contribution < 1.29 is 19.0 Å². The molecule has 4 aromatic rings. The van der Waals surface area contributed by atoms with Crippen molar-refractivity contribution in [2.75, 3.05) is 14.2 Å². The number of nitrogens with zero attached hydrogens (tertiary/aromatic N) is 1. The van der Waals surface area contributed by atoms with Gasteiger partial charge in [-0.15, -0.1) is 0 Å². The molecule has 0 heterocycles. The SMILES string of the molecule is COc1ccc(C(=O)N/N=C\c2cccc(OCc3cccc4ccccc34)c2)cc1OC. The zero-order chi connectivity index (χ0) is 23.0. The lowest BCUT2D eigenvalue weighted by molar-refractivity contribution is 0.0954. The van der Waals surface area contributed by atoms with Gasteiger partial charge in [-0.05, 0) is 52.2 Å². The van der Waals surface area contributed by atoms with Gasteiger partial charge in [-0.2, -0.15) is 5.10 Å². The Balaban J connectivity index is 1.39. The van der Waals surface area contributed by atoms with Gasteiger partial charge < -0.3 is 14.2 Å². The number of fused-ring (bicyclic) bond motifs is 1. The van der Waals surface area contributed by atoms with Gasteiger partial charge in [0.05, 0.1) is 20.4 Å². The van der Waals surface area contributed by atoms with E-state index in [2.05, 4.69) is 34.8 Å². The standard InChI is InChI=1S/C27H24N2O4/c1-31-25-14-13-21(16-26(25)32-2)27(30)29-28-17-19-7-5-11-23(15-19)33-18-22-10-6-9-20-8-3-4-12-24(20)22/h3-17H,18H2,1-2H3,(H,29,30)/b28-17-. The van der Waals surface area contributed by atoms with E-state index in [1.165, 1.54) is 17.9 Å². The lowest BCUT2D eigenvalue weighted by atomic mass is 10.1. The molecule has 0 unspecified atom stereocenters. The molecule has 0 aliphatic carbocycles. The molecule has 0 saturated heterocycles. The summed E-state index contributed by atoms with van der Waals surface area (Å²) in [7, 11) is 3.06. The quantitative estimate of drug-likeness (QED) is 0.302. The van der Waals surface area contributed by atoms with Crippen molar-refractivity contribution in [1.29, 1.82) is 0 Å². The fourth-order valence-electron chi connectivity index (χ4n) is 3.47. The molecule has 0 bridgehead atoms. The average Bonchev–Trinajstić information content (AvgIpc) is 2.87. The van der Waals surface area contributed by atoms with E-state index in [0.29, 0.717) is 23.7 Å². The van der Waals surface area contributed by atoms with Gasteiger partial charge in [0.2, 0.25) is 0 Å². The zero-order valence-electron chi connectivity index (χ0n) is 18.4. The number of methoxy groups -OCH3 is 2. The van der Waals surface area contributed by atoms with Gasteiger partial charge in [-0.3, -0.25) is 4.79 Å². The van der Waals surface area contributed by atoms with Crippen molar-refractivity contribution in [2.24, 2.45) is 5.10 Å². The minimum atomic E-state index is -0.351. The zero-order valence-corrected chi connectivity index (χ0v) is 18.4. The van der Waals surface area contributed by atoms with E-state index < -0.39 is 0 Å². The molecule has 0 radical (unpaired) electrons. The lowest BCUT2D eigenvalue weighted by Crippen LogP contribution is -2.17. The number of hydrogen-bond donors (Lipinski definition) is 1. The van der Waals surface area contributed by atoms with Crippen LogP contribution in [0.3, 0.4) is 0 Å². The van der Waals surface area contributed by atoms with Crippen molar-refractivity contribution >= 4 is 22.9 Å². The molecule has 1 amide bonds. The van der Waals surface area contributed by atoms with Gasteiger partial charge in [0.1, 0.15) is 12.4 Å². The van der Waals surface area contributed by atoms with Crippen LogP contribution in [0.4, 0.5) is 0 Å². The second kappa shape index (κ2) is 10.3. The maximum Gasteiger partial charge on any atom is 0.271 e. The molecule has 4 aromatic carbocycles. The minimum Gasteiger partial charge on any atom is -0.493 e. The monoisotopic (exact) mass is 440 g/mol. The van der Waals surface area contributed by atoms with Crippen LogP contribution in [-0.2, 0) is 6.61 Å². The Kier molecular flexibility index (Phi) is 6.85. The van der Waals surface area contributed by atoms with E-state index in [1.807, 2.05) is 42.5 Å². The molecule has 0 saturated carbocycles. The van der Waals surface area contributed by atoms with Crippen LogP contribution >= 0.6 is 0 Å². The van der Waals surface area contributed by atoms with E-state index in [9.17, 15) is 4.79 Å². The lowest BCUT2D eigenvalue weighted by Gasteiger charge is -2.10. The van der Waals surface area contributed by atoms with E-state index in [4.69, 9.17) is 14.2 Å². The van der Waals surface area contributed by atoms with E-state index in [1.54, 1.807) is 31.5 Å². The third kappa shape index (κ3) is 5.30. The fraction of sp³-hybridized carbons (Fsp3) is 0.111. The van der Waals surface area contributed by atoms with Crippen LogP contribution in [0.15, 0.2) is 90.0 Å². The molecule has 166 valence electrons. The topological polar surface area (TPSA) is 69.2 Å². The molecule has 0 spiro atoms. The van der Waals surface area contributed by atoms with Crippen LogP contribution < -0.4 is 19.6 Å². The molecule has 6 nitrogen and oxygen atoms in total. The Morgan fingerprint density at radius 1 is 0.879 bits per heavy atom. The van der Waals surface area contributed by atoms with Crippen LogP contribution in [0.1, 0.15) is 21.5 Å². The number of rotatable bonds is 8. The smallest absolute Gasteiger partial charge is 0.271 e. The third-order valence-corrected chi connectivity index (χ3v) is 5.16. The largest absolute Gasteiger partial charge is 0.493 e. The minimum absolute atomic E-state index is 0.351. The van der Waals surface area contributed by atoms with E-state index in [0.717, 1.165) is 16.9 Å². The van der Waals surface area contributed by atoms with Crippen molar-refractivity contribution in [3.8, 4) is 17.2 Å². The Morgan fingerprint density at radius 3 is 2.52 bits per heavy atom. The molecular formula is C27H24N2O4. The summed E-state index contributed by atoms with van der Waals surface area (Å²) in [5.41, 5.74) is 4.86. The number of benzene rings is 4. The molecule has 6 heteroatoms. The number of amides is 1. The van der Waals surface area contributed by atoms with Crippen molar-refractivity contribution in [2.45, 2.75) is 6.61 Å². The highest BCUT2D eigenvalue weighted by atomic mass is 16.5. The van der Waals surface area contributed by atoms with Crippen molar-refractivity contribution in [3.05, 3.63) is 102 Å². The van der Waals surface area contributed by atoms with Crippen LogP contribution in [0.5, 0.6) is 17.2 Å². The van der Waals surface area contributed by atoms with Crippen LogP contribution in [0.2, 0.25) is 0 Å². The summed E-state index contributed by atoms with van der Waals surface area (Å²) in [5.74, 6) is 1.40. The number of nitrogens with one attached hydrogen (secondary N) is 1. The Morgan fingerprint density at radius 2 is 1.67 bits per heavy atom. The first-order valence-electron chi connectivity index (χ1n) is 10.4. The molecule has 0 fully saturated rings. The summed E-state index contributed by atoms with van der Waals surface area (Å²) in [6.07, 6.45) is 1.57. The van der Waals surface area contributed by atoms with Gasteiger partial charge >= 0.3 is 0 Å². The first-order chi connectivity index (χ1) is 16.2. The summed E-state index contributed by atoms with van der Waals surface area (Å²) in [6, 6.07) is 26.9. The summed E-state index contributed by atoms with van der Waals surface area (Å²) >= 11 is 0. The van der Waals surface area contributed by atoms with Gasteiger partial charge in [0.25, 0.3) is 5.91 Å². The van der Waals surface area contributed by atoms with Gasteiger partial charge in [-0.25, -0.2) is 5.43 Å². The molecule has 0 aliphatic rings. The summed E-state index contributed by atoms with van der Waals surface area (Å²) in [5, 5.41) is 6.43. The molecule has 4 rings (SSSR count). The summed E-state index contributed by atoms with van der Waals surface area (Å²) in [4.78, 5) is 12.4. The fourth-order valence-corrected chi connectivity index (χ4v) is 3.47. The van der Waals surface area contributed by atoms with Crippen molar-refractivity contribution in [3.63, 3.8) is 0 Å². The molecule has 0 aliphatic heterocycles. The van der Waals surface area contributed by atoms with Crippen molar-refractivity contribution in [1.82, 2.24) is 5.43 Å². The van der Waals surface area contributed by atoms with Crippen LogP contribution in [0, 0.1) is 0 Å². The van der Waals surface area contributed by atoms with E-state index in [-0.39, 0.29) is 5.91 Å². The first kappa shape index (κ1) is 21.9. The highest BCUT2D eigenvalue weighted by Crippen LogP contribution is 2.27. The predicted molar refractivity (Wildman–Crippen MR) is 129 cm³/mol. The molecule has 0 atom stereocenters. The second-order valence-electron chi connectivity index (χ2n) is 7.27. The summed E-state index contributed by atoms with van der Waals surface area (Å²) < 4.78 is 16.4. The number of ether oxygens (including phenoxy) is 3. The molecule has 33 heavy (non-hydrogen) atoms. The van der Waals surface area contributed by atoms with Gasteiger partial charge in [0.15, 0.2) is 11.5 Å². The third-order valence-electron chi connectivity index (χ3n) is 5.16. The number of carbonyl (C=O) groups excluding carboxylic acids is 1. The predicted octanol–water partition coefficient (Wildman–Crippen LogP) is 5.20. The second-order valence-corrected chi connectivity index (χ2v) is 7.27. The molecule has 0 aromatic heterocycles. The maximum absolute atomic E-state index is 12.4. The summed E-state index contributed by atoms with van der Waals surface area (Å²) in [6.45, 7) is 0.456. The van der Waals surface area contributed by atoms with Crippen LogP contribution in [0.25, 0.3) is 10.8 Å². The van der Waals surface area contributed by atoms with Crippen LogP contribution in [-0.4, -0.2) is 26.3 Å². The highest BCUT2D eigenvalue weighted by Gasteiger charge is 2.10. The number of hydrazone groups is 1. The molecular weight excluding hydrogens is 416 g/mol. The van der Waals surface area contributed by atoms with E-state index >= 15 is 0 Å². The number of carbonyl (C=O) groups is 1. The first-order valence-corrected chi connectivity index (χ1v) is 10.4. The van der Waals surface area contributed by atoms with Gasteiger partial charge in [-0.1, -0.05) is 54.6 Å². The van der Waals surface area contributed by atoms with Gasteiger partial charge in [0, 0.05) is 5.56 Å². The maximum atomic E-state index is 12.4. The highest BCUT2D eigenvalue weighted by molar-refractivity contribution is 5.95. The normalized spacial score (nSPS) is 10.8.